The Morgan fingerprint density at radius 3 is 2.40 bits per heavy atom. The van der Waals surface area contributed by atoms with E-state index in [2.05, 4.69) is 4.90 Å². The molecule has 1 rings (SSSR count). The molecule has 0 aliphatic carbocycles. The first-order valence-electron chi connectivity index (χ1n) is 3.84. The Balaban J connectivity index is 2.13. The second kappa shape index (κ2) is 3.91. The fourth-order valence-electron chi connectivity index (χ4n) is 1.28. The molecule has 0 aromatic carbocycles. The third kappa shape index (κ3) is 2.25. The lowest BCUT2D eigenvalue weighted by molar-refractivity contribution is 0.0734. The first-order valence-corrected chi connectivity index (χ1v) is 3.84. The summed E-state index contributed by atoms with van der Waals surface area (Å²) in [6.45, 7) is 2.85. The summed E-state index contributed by atoms with van der Waals surface area (Å²) in [6, 6.07) is 0. The van der Waals surface area contributed by atoms with E-state index in [9.17, 15) is 0 Å². The number of aliphatic hydroxyl groups excluding tert-OH is 2. The van der Waals surface area contributed by atoms with Crippen LogP contribution in [0.4, 0.5) is 0 Å². The minimum atomic E-state index is -0.102. The van der Waals surface area contributed by atoms with Gasteiger partial charge in [-0.15, -0.1) is 0 Å². The fourth-order valence-corrected chi connectivity index (χ4v) is 1.28. The summed E-state index contributed by atoms with van der Waals surface area (Å²) in [7, 11) is 0. The molecule has 1 aliphatic heterocycles. The molecular formula is C7H15NO2. The van der Waals surface area contributed by atoms with Gasteiger partial charge >= 0.3 is 0 Å². The molecule has 0 radical (unpaired) electrons. The SMILES string of the molecule is OCCN1CCC(O)CC1. The van der Waals surface area contributed by atoms with Gasteiger partial charge < -0.3 is 15.1 Å². The van der Waals surface area contributed by atoms with Crippen LogP contribution < -0.4 is 0 Å². The second-order valence-electron chi connectivity index (χ2n) is 2.80. The van der Waals surface area contributed by atoms with Crippen LogP contribution in [0.15, 0.2) is 0 Å². The van der Waals surface area contributed by atoms with Crippen molar-refractivity contribution in [3.63, 3.8) is 0 Å². The van der Waals surface area contributed by atoms with E-state index in [1.807, 2.05) is 0 Å². The minimum absolute atomic E-state index is 0.102. The highest BCUT2D eigenvalue weighted by molar-refractivity contribution is 4.70. The Bertz CT molecular complexity index is 89.6. The molecule has 0 spiro atoms. The van der Waals surface area contributed by atoms with Crippen LogP contribution in [0.3, 0.4) is 0 Å². The maximum absolute atomic E-state index is 9.11. The third-order valence-corrected chi connectivity index (χ3v) is 1.97. The largest absolute Gasteiger partial charge is 0.395 e. The molecule has 2 N–H and O–H groups in total. The van der Waals surface area contributed by atoms with Gasteiger partial charge in [0, 0.05) is 19.6 Å². The van der Waals surface area contributed by atoms with E-state index in [1.165, 1.54) is 0 Å². The maximum atomic E-state index is 9.11. The zero-order valence-corrected chi connectivity index (χ0v) is 6.16. The first kappa shape index (κ1) is 7.98. The van der Waals surface area contributed by atoms with Crippen molar-refractivity contribution >= 4 is 0 Å². The standard InChI is InChI=1S/C7H15NO2/c9-6-5-8-3-1-7(10)2-4-8/h7,9-10H,1-6H2. The average Bonchev–Trinajstić information content (AvgIpc) is 1.95. The summed E-state index contributed by atoms with van der Waals surface area (Å²) >= 11 is 0. The number of likely N-dealkylation sites (tertiary alicyclic amines) is 1. The van der Waals surface area contributed by atoms with Crippen LogP contribution in [0.5, 0.6) is 0 Å². The number of aliphatic hydroxyl groups is 2. The highest BCUT2D eigenvalue weighted by Gasteiger charge is 2.15. The van der Waals surface area contributed by atoms with Crippen molar-refractivity contribution < 1.29 is 10.2 Å². The smallest absolute Gasteiger partial charge is 0.0564 e. The van der Waals surface area contributed by atoms with E-state index >= 15 is 0 Å². The van der Waals surface area contributed by atoms with Gasteiger partial charge in [0.15, 0.2) is 0 Å². The zero-order chi connectivity index (χ0) is 7.40. The molecule has 0 bridgehead atoms. The molecule has 0 amide bonds. The van der Waals surface area contributed by atoms with Gasteiger partial charge in [-0.3, -0.25) is 0 Å². The Morgan fingerprint density at radius 1 is 1.30 bits per heavy atom. The van der Waals surface area contributed by atoms with Gasteiger partial charge in [-0.25, -0.2) is 0 Å². The molecule has 0 atom stereocenters. The summed E-state index contributed by atoms with van der Waals surface area (Å²) in [5.41, 5.74) is 0. The lowest BCUT2D eigenvalue weighted by Gasteiger charge is -2.28. The summed E-state index contributed by atoms with van der Waals surface area (Å²) in [5.74, 6) is 0. The summed E-state index contributed by atoms with van der Waals surface area (Å²) in [5, 5.41) is 17.7. The molecule has 60 valence electrons. The first-order chi connectivity index (χ1) is 4.83. The molecule has 1 saturated heterocycles. The van der Waals surface area contributed by atoms with Crippen molar-refractivity contribution in [2.24, 2.45) is 0 Å². The van der Waals surface area contributed by atoms with E-state index in [0.717, 1.165) is 32.5 Å². The number of nitrogens with zero attached hydrogens (tertiary/aromatic N) is 1. The van der Waals surface area contributed by atoms with Gasteiger partial charge in [0.1, 0.15) is 0 Å². The van der Waals surface area contributed by atoms with Crippen molar-refractivity contribution in [3.8, 4) is 0 Å². The van der Waals surface area contributed by atoms with Crippen molar-refractivity contribution in [2.75, 3.05) is 26.2 Å². The van der Waals surface area contributed by atoms with Gasteiger partial charge in [0.25, 0.3) is 0 Å². The topological polar surface area (TPSA) is 43.7 Å². The molecule has 3 nitrogen and oxygen atoms in total. The van der Waals surface area contributed by atoms with Gasteiger partial charge in [0.2, 0.25) is 0 Å². The highest BCUT2D eigenvalue weighted by Crippen LogP contribution is 2.08. The lowest BCUT2D eigenvalue weighted by atomic mass is 10.1. The minimum Gasteiger partial charge on any atom is -0.395 e. The number of rotatable bonds is 2. The predicted octanol–water partition coefficient (Wildman–Crippen LogP) is -0.565. The second-order valence-corrected chi connectivity index (χ2v) is 2.80. The van der Waals surface area contributed by atoms with Crippen molar-refractivity contribution in [2.45, 2.75) is 18.9 Å². The van der Waals surface area contributed by atoms with E-state index in [4.69, 9.17) is 10.2 Å². The number of hydrogen-bond donors (Lipinski definition) is 2. The van der Waals surface area contributed by atoms with Crippen molar-refractivity contribution in [1.29, 1.82) is 0 Å². The number of β-amino-alcohol motifs (C(OH)–C–C–N with tert-alkyl or cyclic N) is 1. The average molecular weight is 145 g/mol. The summed E-state index contributed by atoms with van der Waals surface area (Å²) in [4.78, 5) is 2.17. The van der Waals surface area contributed by atoms with Crippen LogP contribution in [-0.2, 0) is 0 Å². The van der Waals surface area contributed by atoms with Gasteiger partial charge in [-0.05, 0) is 12.8 Å². The van der Waals surface area contributed by atoms with Crippen LogP contribution in [0, 0.1) is 0 Å². The monoisotopic (exact) mass is 145 g/mol. The Morgan fingerprint density at radius 2 is 1.90 bits per heavy atom. The molecular weight excluding hydrogens is 130 g/mol. The summed E-state index contributed by atoms with van der Waals surface area (Å²) in [6.07, 6.45) is 1.62. The van der Waals surface area contributed by atoms with Crippen LogP contribution in [0.25, 0.3) is 0 Å². The van der Waals surface area contributed by atoms with Crippen LogP contribution in [0.2, 0.25) is 0 Å². The molecule has 0 saturated carbocycles. The molecule has 10 heavy (non-hydrogen) atoms. The normalized spacial score (nSPS) is 23.4. The van der Waals surface area contributed by atoms with Gasteiger partial charge in [-0.2, -0.15) is 0 Å². The van der Waals surface area contributed by atoms with Crippen LogP contribution >= 0.6 is 0 Å². The van der Waals surface area contributed by atoms with Crippen LogP contribution in [-0.4, -0.2) is 47.5 Å². The Kier molecular flexibility index (Phi) is 3.12. The molecule has 0 aromatic heterocycles. The zero-order valence-electron chi connectivity index (χ0n) is 6.16. The number of piperidine rings is 1. The van der Waals surface area contributed by atoms with E-state index < -0.39 is 0 Å². The van der Waals surface area contributed by atoms with Crippen LogP contribution in [0.1, 0.15) is 12.8 Å². The highest BCUT2D eigenvalue weighted by atomic mass is 16.3. The maximum Gasteiger partial charge on any atom is 0.0564 e. The Hall–Kier alpha value is -0.120. The van der Waals surface area contributed by atoms with E-state index in [-0.39, 0.29) is 12.7 Å². The third-order valence-electron chi connectivity index (χ3n) is 1.97. The molecule has 0 unspecified atom stereocenters. The lowest BCUT2D eigenvalue weighted by Crippen LogP contribution is -2.37. The van der Waals surface area contributed by atoms with Crippen molar-refractivity contribution in [3.05, 3.63) is 0 Å². The van der Waals surface area contributed by atoms with Gasteiger partial charge in [0.05, 0.1) is 12.7 Å². The molecule has 3 heteroatoms. The summed E-state index contributed by atoms with van der Waals surface area (Å²) < 4.78 is 0. The molecule has 1 heterocycles. The number of hydrogen-bond acceptors (Lipinski definition) is 3. The Labute approximate surface area is 61.3 Å². The quantitative estimate of drug-likeness (QED) is 0.547. The fraction of sp³-hybridized carbons (Fsp3) is 1.00. The van der Waals surface area contributed by atoms with Crippen molar-refractivity contribution in [1.82, 2.24) is 4.90 Å². The van der Waals surface area contributed by atoms with E-state index in [0.29, 0.717) is 0 Å². The molecule has 1 aliphatic rings. The molecule has 1 fully saturated rings. The van der Waals surface area contributed by atoms with E-state index in [1.54, 1.807) is 0 Å². The van der Waals surface area contributed by atoms with Gasteiger partial charge in [-0.1, -0.05) is 0 Å². The molecule has 0 aromatic rings. The predicted molar refractivity (Wildman–Crippen MR) is 38.8 cm³/mol.